The number of benzene rings is 3. The van der Waals surface area contributed by atoms with Crippen molar-refractivity contribution in [2.45, 2.75) is 50.0 Å². The lowest BCUT2D eigenvalue weighted by atomic mass is 9.83. The summed E-state index contributed by atoms with van der Waals surface area (Å²) in [5.74, 6) is 0.313. The minimum absolute atomic E-state index is 0.138. The first-order valence-corrected chi connectivity index (χ1v) is 16.2. The van der Waals surface area contributed by atoms with E-state index in [1.807, 2.05) is 47.4 Å². The molecular weight excluding hydrogens is 600 g/mol. The summed E-state index contributed by atoms with van der Waals surface area (Å²) in [6.45, 7) is 2.15. The number of hydrogen-bond donors (Lipinski definition) is 0. The number of amides is 1. The second kappa shape index (κ2) is 13.4. The Morgan fingerprint density at radius 1 is 1.00 bits per heavy atom. The molecule has 2 aromatic heterocycles. The first-order valence-electron chi connectivity index (χ1n) is 15.8. The number of piperidine rings is 1. The van der Waals surface area contributed by atoms with Crippen LogP contribution in [0.15, 0.2) is 97.5 Å². The number of aromatic nitrogens is 5. The maximum Gasteiger partial charge on any atom is 0.251 e. The zero-order valence-electron chi connectivity index (χ0n) is 25.4. The van der Waals surface area contributed by atoms with Crippen molar-refractivity contribution in [2.24, 2.45) is 0 Å². The van der Waals surface area contributed by atoms with Gasteiger partial charge in [0.05, 0.1) is 11.6 Å². The van der Waals surface area contributed by atoms with Crippen LogP contribution >= 0.6 is 11.6 Å². The normalized spacial score (nSPS) is 17.7. The topological polar surface area (TPSA) is 100 Å². The number of pyridine rings is 1. The molecule has 2 atom stereocenters. The first-order chi connectivity index (χ1) is 22.5. The van der Waals surface area contributed by atoms with Gasteiger partial charge in [-0.1, -0.05) is 66.2 Å². The van der Waals surface area contributed by atoms with Crippen molar-refractivity contribution in [3.8, 4) is 16.8 Å². The first kappa shape index (κ1) is 30.1. The fourth-order valence-electron chi connectivity index (χ4n) is 6.81. The third-order valence-electron chi connectivity index (χ3n) is 9.25. The maximum absolute atomic E-state index is 13.9. The van der Waals surface area contributed by atoms with E-state index in [4.69, 9.17) is 16.3 Å². The number of carbonyl (C=O) groups is 1. The van der Waals surface area contributed by atoms with Gasteiger partial charge in [0.1, 0.15) is 12.4 Å². The Hall–Kier alpha value is -4.60. The van der Waals surface area contributed by atoms with Gasteiger partial charge in [-0.25, -0.2) is 0 Å². The average molecular weight is 635 g/mol. The fraction of sp³-hybridized carbons (Fsp3) is 0.306. The Morgan fingerprint density at radius 2 is 1.85 bits per heavy atom. The molecule has 2 fully saturated rings. The monoisotopic (exact) mass is 634 g/mol. The Kier molecular flexibility index (Phi) is 8.76. The smallest absolute Gasteiger partial charge is 0.251 e. The molecule has 0 N–H and O–H groups in total. The SMILES string of the molecule is O=C(C1CCCO1)N1CCC(c2cccc([C@H](Cc3ccccc3)c3ccc(-c4cc(Cl)ccc4-n4cnnn4)c[n+]3[O-])c2)CC1. The van der Waals surface area contributed by atoms with E-state index in [0.29, 0.717) is 35.2 Å². The lowest BCUT2D eigenvalue weighted by Crippen LogP contribution is -2.43. The second-order valence-corrected chi connectivity index (χ2v) is 12.5. The van der Waals surface area contributed by atoms with Crippen molar-refractivity contribution >= 4 is 17.5 Å². The molecule has 1 amide bonds. The Bertz CT molecular complexity index is 1800. The minimum Gasteiger partial charge on any atom is -0.618 e. The molecular formula is C36H35ClN6O3. The van der Waals surface area contributed by atoms with Crippen LogP contribution in [0.4, 0.5) is 0 Å². The zero-order valence-corrected chi connectivity index (χ0v) is 26.2. The van der Waals surface area contributed by atoms with E-state index in [9.17, 15) is 10.0 Å². The molecule has 7 rings (SSSR count). The van der Waals surface area contributed by atoms with Gasteiger partial charge >= 0.3 is 0 Å². The van der Waals surface area contributed by atoms with Crippen molar-refractivity contribution in [2.75, 3.05) is 19.7 Å². The lowest BCUT2D eigenvalue weighted by molar-refractivity contribution is -0.614. The summed E-state index contributed by atoms with van der Waals surface area (Å²) < 4.78 is 8.19. The molecule has 0 saturated carbocycles. The predicted octanol–water partition coefficient (Wildman–Crippen LogP) is 5.88. The van der Waals surface area contributed by atoms with Gasteiger partial charge in [0.15, 0.2) is 6.20 Å². The Morgan fingerprint density at radius 3 is 2.59 bits per heavy atom. The number of ether oxygens (including phenoxy) is 1. The second-order valence-electron chi connectivity index (χ2n) is 12.1. The minimum atomic E-state index is -0.270. The standard InChI is InChI=1S/C36H35ClN6O3/c37-30-12-14-33(42-24-38-39-40-42)32(22-30)29-11-13-34(43(45)23-29)31(20-25-6-2-1-3-7-25)28-9-4-8-27(21-28)26-15-17-41(18-16-26)36(44)35-10-5-19-46-35/h1-4,6-9,11-14,21-24,26,31,35H,5,10,15-20H2/t31-,35?/m0/s1. The molecule has 1 unspecified atom stereocenters. The lowest BCUT2D eigenvalue weighted by Gasteiger charge is -2.33. The van der Waals surface area contributed by atoms with Crippen LogP contribution in [0.5, 0.6) is 0 Å². The van der Waals surface area contributed by atoms with Crippen molar-refractivity contribution < 1.29 is 14.3 Å². The van der Waals surface area contributed by atoms with E-state index in [-0.39, 0.29) is 17.9 Å². The van der Waals surface area contributed by atoms with E-state index >= 15 is 0 Å². The quantitative estimate of drug-likeness (QED) is 0.156. The number of nitrogens with zero attached hydrogens (tertiary/aromatic N) is 6. The summed E-state index contributed by atoms with van der Waals surface area (Å²) in [6.07, 6.45) is 7.12. The highest BCUT2D eigenvalue weighted by molar-refractivity contribution is 6.31. The molecule has 10 heteroatoms. The molecule has 9 nitrogen and oxygen atoms in total. The van der Waals surface area contributed by atoms with Crippen molar-refractivity contribution in [3.05, 3.63) is 130 Å². The molecule has 0 bridgehead atoms. The fourth-order valence-corrected chi connectivity index (χ4v) is 6.99. The summed E-state index contributed by atoms with van der Waals surface area (Å²) in [6, 6.07) is 28.2. The molecule has 3 aromatic carbocycles. The highest BCUT2D eigenvalue weighted by Gasteiger charge is 2.32. The van der Waals surface area contributed by atoms with Gasteiger partial charge in [-0.3, -0.25) is 4.79 Å². The third kappa shape index (κ3) is 6.38. The highest BCUT2D eigenvalue weighted by Crippen LogP contribution is 2.35. The van der Waals surface area contributed by atoms with Gasteiger partial charge in [-0.05, 0) is 89.4 Å². The average Bonchev–Trinajstić information content (AvgIpc) is 3.84. The Balaban J connectivity index is 1.18. The molecule has 46 heavy (non-hydrogen) atoms. The van der Waals surface area contributed by atoms with E-state index < -0.39 is 0 Å². The number of likely N-dealkylation sites (tertiary alicyclic amines) is 1. The van der Waals surface area contributed by atoms with E-state index in [0.717, 1.165) is 65.9 Å². The van der Waals surface area contributed by atoms with Crippen LogP contribution in [0.3, 0.4) is 0 Å². The molecule has 0 spiro atoms. The molecule has 2 aliphatic rings. The summed E-state index contributed by atoms with van der Waals surface area (Å²) >= 11 is 6.38. The van der Waals surface area contributed by atoms with Crippen LogP contribution in [0.1, 0.15) is 59.9 Å². The summed E-state index contributed by atoms with van der Waals surface area (Å²) in [4.78, 5) is 14.9. The number of halogens is 1. The number of hydrogen-bond acceptors (Lipinski definition) is 6. The van der Waals surface area contributed by atoms with Crippen molar-refractivity contribution in [1.29, 1.82) is 0 Å². The highest BCUT2D eigenvalue weighted by atomic mass is 35.5. The van der Waals surface area contributed by atoms with Crippen LogP contribution in [0.2, 0.25) is 5.02 Å². The van der Waals surface area contributed by atoms with Crippen LogP contribution in [-0.2, 0) is 16.0 Å². The molecule has 234 valence electrons. The zero-order chi connectivity index (χ0) is 31.5. The number of carbonyl (C=O) groups excluding carboxylic acids is 1. The van der Waals surface area contributed by atoms with Gasteiger partial charge in [0.2, 0.25) is 5.69 Å². The molecule has 4 heterocycles. The van der Waals surface area contributed by atoms with Crippen LogP contribution < -0.4 is 4.73 Å². The van der Waals surface area contributed by atoms with E-state index in [2.05, 4.69) is 51.9 Å². The van der Waals surface area contributed by atoms with Gasteiger partial charge in [0, 0.05) is 41.9 Å². The molecule has 2 aliphatic heterocycles. The van der Waals surface area contributed by atoms with Crippen LogP contribution in [-0.4, -0.2) is 56.8 Å². The molecule has 0 aliphatic carbocycles. The third-order valence-corrected chi connectivity index (χ3v) is 9.48. The van der Waals surface area contributed by atoms with Crippen LogP contribution in [0, 0.1) is 5.21 Å². The van der Waals surface area contributed by atoms with E-state index in [1.54, 1.807) is 16.9 Å². The van der Waals surface area contributed by atoms with Gasteiger partial charge < -0.3 is 14.8 Å². The maximum atomic E-state index is 13.9. The molecule has 2 saturated heterocycles. The summed E-state index contributed by atoms with van der Waals surface area (Å²) in [7, 11) is 0. The Labute approximate surface area is 273 Å². The van der Waals surface area contributed by atoms with Crippen molar-refractivity contribution in [3.63, 3.8) is 0 Å². The number of rotatable bonds is 8. The van der Waals surface area contributed by atoms with Gasteiger partial charge in [-0.2, -0.15) is 9.41 Å². The van der Waals surface area contributed by atoms with E-state index in [1.165, 1.54) is 11.9 Å². The largest absolute Gasteiger partial charge is 0.618 e. The summed E-state index contributed by atoms with van der Waals surface area (Å²) in [5, 5.41) is 26.0. The number of tetrazole rings is 1. The van der Waals surface area contributed by atoms with Gasteiger partial charge in [-0.15, -0.1) is 5.10 Å². The molecule has 0 radical (unpaired) electrons. The summed E-state index contributed by atoms with van der Waals surface area (Å²) in [5.41, 5.74) is 6.34. The van der Waals surface area contributed by atoms with Crippen LogP contribution in [0.25, 0.3) is 16.8 Å². The van der Waals surface area contributed by atoms with Gasteiger partial charge in [0.25, 0.3) is 5.91 Å². The molecule has 5 aromatic rings. The predicted molar refractivity (Wildman–Crippen MR) is 175 cm³/mol. The van der Waals surface area contributed by atoms with Crippen molar-refractivity contribution in [1.82, 2.24) is 25.1 Å².